The summed E-state index contributed by atoms with van der Waals surface area (Å²) in [5.41, 5.74) is 0. The number of hydrogen-bond acceptors (Lipinski definition) is 2. The van der Waals surface area contributed by atoms with Gasteiger partial charge in [0.1, 0.15) is 6.10 Å². The molecule has 0 spiro atoms. The normalized spacial score (nSPS) is 42.0. The van der Waals surface area contributed by atoms with Crippen molar-refractivity contribution in [2.75, 3.05) is 0 Å². The van der Waals surface area contributed by atoms with Crippen LogP contribution in [0.15, 0.2) is 0 Å². The van der Waals surface area contributed by atoms with E-state index in [0.717, 1.165) is 12.3 Å². The zero-order valence-corrected chi connectivity index (χ0v) is 6.66. The lowest BCUT2D eigenvalue weighted by atomic mass is 9.99. The van der Waals surface area contributed by atoms with Gasteiger partial charge in [-0.05, 0) is 31.1 Å². The molecule has 2 nitrogen and oxygen atoms in total. The third-order valence-electron chi connectivity index (χ3n) is 3.25. The molecule has 0 aromatic carbocycles. The van der Waals surface area contributed by atoms with Crippen molar-refractivity contribution in [1.82, 2.24) is 0 Å². The highest BCUT2D eigenvalue weighted by molar-refractivity contribution is 5.37. The van der Waals surface area contributed by atoms with E-state index in [4.69, 9.17) is 4.74 Å². The summed E-state index contributed by atoms with van der Waals surface area (Å²) in [6, 6.07) is 0. The fourth-order valence-electron chi connectivity index (χ4n) is 2.75. The van der Waals surface area contributed by atoms with E-state index in [1.54, 1.807) is 0 Å². The van der Waals surface area contributed by atoms with E-state index in [0.29, 0.717) is 12.4 Å². The van der Waals surface area contributed by atoms with Gasteiger partial charge in [0, 0.05) is 0 Å². The number of rotatable bonds is 2. The Morgan fingerprint density at radius 1 is 1.18 bits per heavy atom. The van der Waals surface area contributed by atoms with Gasteiger partial charge in [-0.15, -0.1) is 0 Å². The van der Waals surface area contributed by atoms with Gasteiger partial charge < -0.3 is 4.74 Å². The third kappa shape index (κ3) is 1.15. The average Bonchev–Trinajstić information content (AvgIpc) is 2.53. The maximum absolute atomic E-state index is 10.1. The molecule has 2 rings (SSSR count). The zero-order valence-electron chi connectivity index (χ0n) is 6.66. The van der Waals surface area contributed by atoms with Gasteiger partial charge in [0.15, 0.2) is 0 Å². The zero-order chi connectivity index (χ0) is 7.68. The lowest BCUT2D eigenvalue weighted by Crippen LogP contribution is -2.17. The monoisotopic (exact) mass is 154 g/mol. The molecule has 0 N–H and O–H groups in total. The molecule has 0 aromatic rings. The van der Waals surface area contributed by atoms with Crippen LogP contribution in [0.2, 0.25) is 0 Å². The predicted octanol–water partition coefficient (Wildman–Crippen LogP) is 1.74. The van der Waals surface area contributed by atoms with E-state index in [9.17, 15) is 4.79 Å². The summed E-state index contributed by atoms with van der Waals surface area (Å²) in [5.74, 6) is 1.58. The minimum Gasteiger partial charge on any atom is -0.464 e. The minimum absolute atomic E-state index is 0.264. The molecule has 3 atom stereocenters. The number of carbonyl (C=O) groups is 1. The van der Waals surface area contributed by atoms with E-state index in [-0.39, 0.29) is 6.10 Å². The molecule has 0 aromatic heterocycles. The van der Waals surface area contributed by atoms with Crippen LogP contribution in [0.1, 0.15) is 32.1 Å². The standard InChI is InChI=1S/C9H14O2/c10-6-11-9-5-4-7-2-1-3-8(7)9/h6-9H,1-5H2/t7-,8-,9-/m1/s1. The third-order valence-corrected chi connectivity index (χ3v) is 3.25. The van der Waals surface area contributed by atoms with Gasteiger partial charge in [-0.3, -0.25) is 4.79 Å². The second-order valence-corrected chi connectivity index (χ2v) is 3.70. The van der Waals surface area contributed by atoms with Crippen LogP contribution in [0.4, 0.5) is 0 Å². The van der Waals surface area contributed by atoms with E-state index < -0.39 is 0 Å². The van der Waals surface area contributed by atoms with E-state index in [2.05, 4.69) is 0 Å². The van der Waals surface area contributed by atoms with Crippen molar-refractivity contribution in [3.05, 3.63) is 0 Å². The Hall–Kier alpha value is -0.530. The van der Waals surface area contributed by atoms with Crippen LogP contribution in [-0.2, 0) is 9.53 Å². The predicted molar refractivity (Wildman–Crippen MR) is 41.0 cm³/mol. The van der Waals surface area contributed by atoms with E-state index >= 15 is 0 Å². The highest BCUT2D eigenvalue weighted by Crippen LogP contribution is 2.44. The van der Waals surface area contributed by atoms with Crippen LogP contribution in [0.3, 0.4) is 0 Å². The van der Waals surface area contributed by atoms with Crippen LogP contribution >= 0.6 is 0 Å². The van der Waals surface area contributed by atoms with Crippen LogP contribution < -0.4 is 0 Å². The Kier molecular flexibility index (Phi) is 1.84. The molecule has 0 bridgehead atoms. The smallest absolute Gasteiger partial charge is 0.293 e. The van der Waals surface area contributed by atoms with E-state index in [1.807, 2.05) is 0 Å². The molecule has 2 aliphatic carbocycles. The molecule has 2 fully saturated rings. The Labute approximate surface area is 66.9 Å². The lowest BCUT2D eigenvalue weighted by molar-refractivity contribution is -0.135. The molecule has 11 heavy (non-hydrogen) atoms. The van der Waals surface area contributed by atoms with Crippen molar-refractivity contribution < 1.29 is 9.53 Å². The Morgan fingerprint density at radius 2 is 2.09 bits per heavy atom. The number of fused-ring (bicyclic) bond motifs is 1. The lowest BCUT2D eigenvalue weighted by Gasteiger charge is -2.15. The second-order valence-electron chi connectivity index (χ2n) is 3.70. The Balaban J connectivity index is 1.97. The van der Waals surface area contributed by atoms with E-state index in [1.165, 1.54) is 25.7 Å². The maximum Gasteiger partial charge on any atom is 0.293 e. The van der Waals surface area contributed by atoms with Gasteiger partial charge in [0.05, 0.1) is 0 Å². The first kappa shape index (κ1) is 7.14. The molecule has 2 aliphatic rings. The molecule has 2 heteroatoms. The fraction of sp³-hybridized carbons (Fsp3) is 0.889. The SMILES string of the molecule is O=CO[C@@H]1CC[C@H]2CCC[C@H]21. The van der Waals surface area contributed by atoms with Crippen LogP contribution in [0.5, 0.6) is 0 Å². The summed E-state index contributed by atoms with van der Waals surface area (Å²) in [7, 11) is 0. The quantitative estimate of drug-likeness (QED) is 0.566. The van der Waals surface area contributed by atoms with Gasteiger partial charge in [-0.2, -0.15) is 0 Å². The summed E-state index contributed by atoms with van der Waals surface area (Å²) in [4.78, 5) is 10.1. The maximum atomic E-state index is 10.1. The highest BCUT2D eigenvalue weighted by atomic mass is 16.5. The van der Waals surface area contributed by atoms with Crippen molar-refractivity contribution in [3.8, 4) is 0 Å². The molecule has 2 saturated carbocycles. The van der Waals surface area contributed by atoms with Gasteiger partial charge >= 0.3 is 0 Å². The average molecular weight is 154 g/mol. The van der Waals surface area contributed by atoms with Crippen molar-refractivity contribution in [1.29, 1.82) is 0 Å². The van der Waals surface area contributed by atoms with Crippen LogP contribution in [0.25, 0.3) is 0 Å². The molecular formula is C9H14O2. The van der Waals surface area contributed by atoms with Gasteiger partial charge in [-0.1, -0.05) is 12.8 Å². The van der Waals surface area contributed by atoms with Crippen molar-refractivity contribution >= 4 is 6.47 Å². The van der Waals surface area contributed by atoms with Crippen LogP contribution in [0, 0.1) is 11.8 Å². The summed E-state index contributed by atoms with van der Waals surface area (Å²) < 4.78 is 5.04. The fourth-order valence-corrected chi connectivity index (χ4v) is 2.75. The van der Waals surface area contributed by atoms with Crippen molar-refractivity contribution in [2.24, 2.45) is 11.8 Å². The topological polar surface area (TPSA) is 26.3 Å². The molecule has 0 unspecified atom stereocenters. The Bertz CT molecular complexity index is 156. The molecule has 0 saturated heterocycles. The van der Waals surface area contributed by atoms with Crippen LogP contribution in [-0.4, -0.2) is 12.6 Å². The number of hydrogen-bond donors (Lipinski definition) is 0. The van der Waals surface area contributed by atoms with Crippen molar-refractivity contribution in [3.63, 3.8) is 0 Å². The summed E-state index contributed by atoms with van der Waals surface area (Å²) in [6.45, 7) is 0.616. The molecular weight excluding hydrogens is 140 g/mol. The highest BCUT2D eigenvalue weighted by Gasteiger charge is 2.40. The first-order chi connectivity index (χ1) is 5.42. The Morgan fingerprint density at radius 3 is 2.91 bits per heavy atom. The number of carbonyl (C=O) groups excluding carboxylic acids is 1. The first-order valence-corrected chi connectivity index (χ1v) is 4.51. The summed E-state index contributed by atoms with van der Waals surface area (Å²) in [6.07, 6.45) is 6.64. The second kappa shape index (κ2) is 2.84. The van der Waals surface area contributed by atoms with Crippen molar-refractivity contribution in [2.45, 2.75) is 38.2 Å². The van der Waals surface area contributed by atoms with Gasteiger partial charge in [-0.25, -0.2) is 0 Å². The molecule has 0 amide bonds. The molecule has 0 heterocycles. The minimum atomic E-state index is 0.264. The molecule has 0 aliphatic heterocycles. The van der Waals surface area contributed by atoms with Gasteiger partial charge in [0.25, 0.3) is 6.47 Å². The van der Waals surface area contributed by atoms with Gasteiger partial charge in [0.2, 0.25) is 0 Å². The summed E-state index contributed by atoms with van der Waals surface area (Å²) >= 11 is 0. The molecule has 62 valence electrons. The largest absolute Gasteiger partial charge is 0.464 e. The first-order valence-electron chi connectivity index (χ1n) is 4.51. The summed E-state index contributed by atoms with van der Waals surface area (Å²) in [5, 5.41) is 0. The molecule has 0 radical (unpaired) electrons. The number of ether oxygens (including phenoxy) is 1.